The van der Waals surface area contributed by atoms with E-state index < -0.39 is 0 Å². The maximum Gasteiger partial charge on any atom is 0.0572 e. The molecule has 0 amide bonds. The lowest BCUT2D eigenvalue weighted by atomic mass is 10.2. The number of hydrogen-bond donors (Lipinski definition) is 1. The molecular weight excluding hydrogens is 174 g/mol. The lowest BCUT2D eigenvalue weighted by Gasteiger charge is -2.23. The van der Waals surface area contributed by atoms with Gasteiger partial charge >= 0.3 is 0 Å². The molecule has 0 radical (unpaired) electrons. The zero-order chi connectivity index (χ0) is 9.97. The summed E-state index contributed by atoms with van der Waals surface area (Å²) in [6.45, 7) is 4.29. The van der Waals surface area contributed by atoms with Crippen LogP contribution in [-0.2, 0) is 0 Å². The average molecular weight is 191 g/mol. The third-order valence-corrected chi connectivity index (χ3v) is 2.92. The molecule has 1 fully saturated rings. The van der Waals surface area contributed by atoms with E-state index in [0.29, 0.717) is 12.1 Å². The SMILES string of the molecule is C[C@@H](c1ccccn1)N1CC[C@H](N)C1. The molecule has 0 spiro atoms. The number of aromatic nitrogens is 1. The Morgan fingerprint density at radius 1 is 1.57 bits per heavy atom. The van der Waals surface area contributed by atoms with E-state index >= 15 is 0 Å². The van der Waals surface area contributed by atoms with Crippen molar-refractivity contribution in [3.05, 3.63) is 30.1 Å². The van der Waals surface area contributed by atoms with Gasteiger partial charge < -0.3 is 5.73 Å². The van der Waals surface area contributed by atoms with E-state index in [0.717, 1.165) is 25.2 Å². The number of nitrogens with two attached hydrogens (primary N) is 1. The highest BCUT2D eigenvalue weighted by molar-refractivity contribution is 5.08. The Balaban J connectivity index is 2.05. The van der Waals surface area contributed by atoms with Crippen molar-refractivity contribution in [2.75, 3.05) is 13.1 Å². The predicted molar refractivity (Wildman–Crippen MR) is 56.8 cm³/mol. The van der Waals surface area contributed by atoms with Crippen molar-refractivity contribution in [2.45, 2.75) is 25.4 Å². The number of likely N-dealkylation sites (tertiary alicyclic amines) is 1. The molecule has 0 saturated carbocycles. The minimum atomic E-state index is 0.348. The van der Waals surface area contributed by atoms with Crippen molar-refractivity contribution >= 4 is 0 Å². The summed E-state index contributed by atoms with van der Waals surface area (Å²) >= 11 is 0. The van der Waals surface area contributed by atoms with E-state index in [-0.39, 0.29) is 0 Å². The summed E-state index contributed by atoms with van der Waals surface area (Å²) in [5, 5.41) is 0. The molecule has 1 aromatic rings. The summed E-state index contributed by atoms with van der Waals surface area (Å²) in [6.07, 6.45) is 2.96. The van der Waals surface area contributed by atoms with Crippen molar-refractivity contribution < 1.29 is 0 Å². The van der Waals surface area contributed by atoms with Gasteiger partial charge in [0, 0.05) is 31.4 Å². The molecule has 0 bridgehead atoms. The van der Waals surface area contributed by atoms with Crippen LogP contribution < -0.4 is 5.73 Å². The Hall–Kier alpha value is -0.930. The van der Waals surface area contributed by atoms with Crippen LogP contribution in [0, 0.1) is 0 Å². The highest BCUT2D eigenvalue weighted by Crippen LogP contribution is 2.21. The van der Waals surface area contributed by atoms with Crippen molar-refractivity contribution in [3.8, 4) is 0 Å². The van der Waals surface area contributed by atoms with E-state index in [1.165, 1.54) is 0 Å². The van der Waals surface area contributed by atoms with Crippen LogP contribution in [0.3, 0.4) is 0 Å². The summed E-state index contributed by atoms with van der Waals surface area (Å²) in [4.78, 5) is 6.76. The molecule has 1 aromatic heterocycles. The Morgan fingerprint density at radius 2 is 2.43 bits per heavy atom. The Labute approximate surface area is 84.9 Å². The van der Waals surface area contributed by atoms with Gasteiger partial charge in [-0.2, -0.15) is 0 Å². The molecule has 0 unspecified atom stereocenters. The van der Waals surface area contributed by atoms with Crippen molar-refractivity contribution in [1.82, 2.24) is 9.88 Å². The molecular formula is C11H17N3. The number of rotatable bonds is 2. The van der Waals surface area contributed by atoms with Gasteiger partial charge in [0.2, 0.25) is 0 Å². The first-order valence-electron chi connectivity index (χ1n) is 5.18. The van der Waals surface area contributed by atoms with Crippen molar-refractivity contribution in [1.29, 1.82) is 0 Å². The van der Waals surface area contributed by atoms with E-state index in [2.05, 4.69) is 22.9 Å². The van der Waals surface area contributed by atoms with Crippen LogP contribution in [0.4, 0.5) is 0 Å². The van der Waals surface area contributed by atoms with Crippen LogP contribution in [-0.4, -0.2) is 29.0 Å². The van der Waals surface area contributed by atoms with Crippen molar-refractivity contribution in [3.63, 3.8) is 0 Å². The smallest absolute Gasteiger partial charge is 0.0572 e. The molecule has 3 heteroatoms. The van der Waals surface area contributed by atoms with Gasteiger partial charge in [-0.1, -0.05) is 6.07 Å². The first-order valence-corrected chi connectivity index (χ1v) is 5.18. The molecule has 2 atom stereocenters. The number of nitrogens with zero attached hydrogens (tertiary/aromatic N) is 2. The minimum Gasteiger partial charge on any atom is -0.326 e. The van der Waals surface area contributed by atoms with Crippen LogP contribution in [0.5, 0.6) is 0 Å². The van der Waals surface area contributed by atoms with Crippen LogP contribution in [0.25, 0.3) is 0 Å². The van der Waals surface area contributed by atoms with Gasteiger partial charge in [0.25, 0.3) is 0 Å². The van der Waals surface area contributed by atoms with Crippen molar-refractivity contribution in [2.24, 2.45) is 5.73 Å². The topological polar surface area (TPSA) is 42.2 Å². The molecule has 0 aromatic carbocycles. The Kier molecular flexibility index (Phi) is 2.79. The van der Waals surface area contributed by atoms with Gasteiger partial charge in [-0.05, 0) is 25.5 Å². The largest absolute Gasteiger partial charge is 0.326 e. The average Bonchev–Trinajstić information content (AvgIpc) is 2.65. The molecule has 2 heterocycles. The Morgan fingerprint density at radius 3 is 3.00 bits per heavy atom. The second-order valence-corrected chi connectivity index (χ2v) is 3.97. The molecule has 1 saturated heterocycles. The van der Waals surface area contributed by atoms with Gasteiger partial charge in [-0.15, -0.1) is 0 Å². The Bertz CT molecular complexity index is 286. The van der Waals surface area contributed by atoms with Crippen LogP contribution in [0.15, 0.2) is 24.4 Å². The van der Waals surface area contributed by atoms with E-state index in [1.54, 1.807) is 0 Å². The summed E-state index contributed by atoms with van der Waals surface area (Å²) in [5.41, 5.74) is 7.02. The van der Waals surface area contributed by atoms with Crippen LogP contribution in [0.1, 0.15) is 25.1 Å². The zero-order valence-electron chi connectivity index (χ0n) is 8.56. The lowest BCUT2D eigenvalue weighted by Crippen LogP contribution is -2.29. The highest BCUT2D eigenvalue weighted by Gasteiger charge is 2.24. The summed E-state index contributed by atoms with van der Waals surface area (Å²) in [5.74, 6) is 0. The minimum absolute atomic E-state index is 0.348. The molecule has 2 rings (SSSR count). The third-order valence-electron chi connectivity index (χ3n) is 2.92. The van der Waals surface area contributed by atoms with E-state index in [1.807, 2.05) is 18.3 Å². The van der Waals surface area contributed by atoms with Gasteiger partial charge in [0.1, 0.15) is 0 Å². The molecule has 3 nitrogen and oxygen atoms in total. The molecule has 1 aliphatic rings. The standard InChI is InChI=1S/C11H17N3/c1-9(11-4-2-3-6-13-11)14-7-5-10(12)8-14/h2-4,6,9-10H,5,7-8,12H2,1H3/t9-,10-/m0/s1. The van der Waals surface area contributed by atoms with E-state index in [9.17, 15) is 0 Å². The maximum atomic E-state index is 5.88. The van der Waals surface area contributed by atoms with Gasteiger partial charge in [0.15, 0.2) is 0 Å². The quantitative estimate of drug-likeness (QED) is 0.763. The molecule has 1 aliphatic heterocycles. The first kappa shape index (κ1) is 9.62. The van der Waals surface area contributed by atoms with E-state index in [4.69, 9.17) is 5.73 Å². The van der Waals surface area contributed by atoms with Gasteiger partial charge in [-0.25, -0.2) is 0 Å². The molecule has 76 valence electrons. The second-order valence-electron chi connectivity index (χ2n) is 3.97. The maximum absolute atomic E-state index is 5.88. The fourth-order valence-corrected chi connectivity index (χ4v) is 1.98. The first-order chi connectivity index (χ1) is 6.77. The highest BCUT2D eigenvalue weighted by atomic mass is 15.2. The third kappa shape index (κ3) is 1.94. The lowest BCUT2D eigenvalue weighted by molar-refractivity contribution is 0.255. The monoisotopic (exact) mass is 191 g/mol. The van der Waals surface area contributed by atoms with Crippen LogP contribution in [0.2, 0.25) is 0 Å². The fraction of sp³-hybridized carbons (Fsp3) is 0.545. The van der Waals surface area contributed by atoms with Crippen LogP contribution >= 0.6 is 0 Å². The van der Waals surface area contributed by atoms with Gasteiger partial charge in [0.05, 0.1) is 5.69 Å². The second kappa shape index (κ2) is 4.07. The summed E-state index contributed by atoms with van der Waals surface area (Å²) < 4.78 is 0. The zero-order valence-corrected chi connectivity index (χ0v) is 8.56. The molecule has 14 heavy (non-hydrogen) atoms. The number of pyridine rings is 1. The number of hydrogen-bond acceptors (Lipinski definition) is 3. The molecule has 2 N–H and O–H groups in total. The predicted octanol–water partition coefficient (Wildman–Crippen LogP) is 1.18. The fourth-order valence-electron chi connectivity index (χ4n) is 1.98. The molecule has 0 aliphatic carbocycles. The summed E-state index contributed by atoms with van der Waals surface area (Å²) in [6, 6.07) is 6.81. The van der Waals surface area contributed by atoms with Gasteiger partial charge in [-0.3, -0.25) is 9.88 Å². The summed E-state index contributed by atoms with van der Waals surface area (Å²) in [7, 11) is 0. The normalized spacial score (nSPS) is 25.1.